The number of carbonyl (C=O) groups excluding carboxylic acids is 1. The van der Waals surface area contributed by atoms with E-state index in [0.717, 1.165) is 83.5 Å². The van der Waals surface area contributed by atoms with Gasteiger partial charge in [-0.15, -0.1) is 0 Å². The second-order valence-electron chi connectivity index (χ2n) is 17.9. The number of carbonyl (C=O) groups is 1. The average molecular weight is 951 g/mol. The van der Waals surface area contributed by atoms with E-state index in [2.05, 4.69) is 123 Å². The Labute approximate surface area is 414 Å². The minimum Gasteiger partial charge on any atom is -0.457 e. The highest BCUT2D eigenvalue weighted by Crippen LogP contribution is 2.22. The van der Waals surface area contributed by atoms with Crippen LogP contribution in [0.25, 0.3) is 0 Å². The van der Waals surface area contributed by atoms with E-state index in [0.29, 0.717) is 13.0 Å². The maximum Gasteiger partial charge on any atom is 0.306 e. The molecule has 1 saturated heterocycles. The van der Waals surface area contributed by atoms with Gasteiger partial charge in [-0.05, 0) is 96.3 Å². The van der Waals surface area contributed by atoms with Gasteiger partial charge in [-0.2, -0.15) is 0 Å². The highest BCUT2D eigenvalue weighted by Gasteiger charge is 2.44. The van der Waals surface area contributed by atoms with Crippen LogP contribution in [0.1, 0.15) is 194 Å². The Hall–Kier alpha value is -3.15. The Kier molecular flexibility index (Phi) is 45.2. The molecular formula is C59H98O9. The summed E-state index contributed by atoms with van der Waals surface area (Å²) in [5, 5.41) is 40.3. The first kappa shape index (κ1) is 62.9. The van der Waals surface area contributed by atoms with E-state index in [1.54, 1.807) is 0 Å². The van der Waals surface area contributed by atoms with Gasteiger partial charge in [0, 0.05) is 13.0 Å². The fraction of sp³-hybridized carbons (Fsp3) is 0.678. The zero-order valence-corrected chi connectivity index (χ0v) is 42.8. The van der Waals surface area contributed by atoms with E-state index >= 15 is 0 Å². The number of unbranched alkanes of at least 4 members (excludes halogenated alkanes) is 16. The summed E-state index contributed by atoms with van der Waals surface area (Å²) in [4.78, 5) is 12.9. The summed E-state index contributed by atoms with van der Waals surface area (Å²) in [5.74, 6) is -0.341. The Morgan fingerprint density at radius 3 is 1.35 bits per heavy atom. The second kappa shape index (κ2) is 48.9. The smallest absolute Gasteiger partial charge is 0.306 e. The maximum absolute atomic E-state index is 12.9. The van der Waals surface area contributed by atoms with Crippen molar-refractivity contribution in [1.29, 1.82) is 0 Å². The summed E-state index contributed by atoms with van der Waals surface area (Å²) in [6.45, 7) is 4.27. The molecule has 0 bridgehead atoms. The van der Waals surface area contributed by atoms with E-state index in [-0.39, 0.29) is 19.2 Å². The molecule has 6 unspecified atom stereocenters. The molecule has 0 amide bonds. The summed E-state index contributed by atoms with van der Waals surface area (Å²) < 4.78 is 22.8. The molecule has 68 heavy (non-hydrogen) atoms. The molecule has 0 aromatic heterocycles. The number of aliphatic hydroxyl groups is 4. The molecular weight excluding hydrogens is 853 g/mol. The first-order chi connectivity index (χ1) is 33.4. The minimum absolute atomic E-state index is 0.0961. The first-order valence-electron chi connectivity index (χ1n) is 27.0. The lowest BCUT2D eigenvalue weighted by Crippen LogP contribution is -2.59. The lowest BCUT2D eigenvalue weighted by atomic mass is 9.99. The normalized spacial score (nSPS) is 20.0. The highest BCUT2D eigenvalue weighted by molar-refractivity contribution is 5.69. The summed E-state index contributed by atoms with van der Waals surface area (Å²) in [6.07, 6.45) is 62.8. The summed E-state index contributed by atoms with van der Waals surface area (Å²) in [7, 11) is 0. The van der Waals surface area contributed by atoms with Gasteiger partial charge in [0.1, 0.15) is 30.5 Å². The zero-order chi connectivity index (χ0) is 49.2. The first-order valence-corrected chi connectivity index (χ1v) is 27.0. The van der Waals surface area contributed by atoms with Gasteiger partial charge >= 0.3 is 5.97 Å². The maximum atomic E-state index is 12.9. The summed E-state index contributed by atoms with van der Waals surface area (Å²) in [6, 6.07) is 0. The zero-order valence-electron chi connectivity index (χ0n) is 42.8. The van der Waals surface area contributed by atoms with Gasteiger partial charge in [0.2, 0.25) is 0 Å². The number of allylic oxidation sites excluding steroid dienone is 18. The second-order valence-corrected chi connectivity index (χ2v) is 17.9. The lowest BCUT2D eigenvalue weighted by Gasteiger charge is -2.39. The summed E-state index contributed by atoms with van der Waals surface area (Å²) >= 11 is 0. The van der Waals surface area contributed by atoms with Gasteiger partial charge < -0.3 is 39.4 Å². The van der Waals surface area contributed by atoms with Gasteiger partial charge in [0.05, 0.1) is 19.8 Å². The van der Waals surface area contributed by atoms with Crippen molar-refractivity contribution in [2.24, 2.45) is 0 Å². The van der Waals surface area contributed by atoms with Crippen LogP contribution in [0.15, 0.2) is 109 Å². The van der Waals surface area contributed by atoms with Crippen molar-refractivity contribution < 1.29 is 44.2 Å². The topological polar surface area (TPSA) is 135 Å². The van der Waals surface area contributed by atoms with Crippen LogP contribution in [0.5, 0.6) is 0 Å². The van der Waals surface area contributed by atoms with Crippen molar-refractivity contribution in [1.82, 2.24) is 0 Å². The van der Waals surface area contributed by atoms with E-state index in [1.165, 1.54) is 89.9 Å². The standard InChI is InChI=1S/C59H98O9/c1-3-5-7-9-11-13-15-17-19-21-23-25-26-27-28-29-30-32-34-36-38-40-42-44-46-48-55(61)67-53(52-66-59-58(64)57(63)56(62)54(50-60)68-59)51-65-49-47-45-43-41-39-37-35-33-31-24-22-20-18-16-14-12-10-8-6-4-2/h6,8,12,14-15,17-18,20-21,23-24,26-27,31,35,37,41,43,53-54,56-60,62-64H,3-5,7,9-11,13,16,19,22,25,28-30,32-34,36,38-40,42,44-52H2,1-2H3/b8-6-,14-12-,17-15-,20-18-,23-21-,27-26-,31-24-,37-35-,43-41-. The van der Waals surface area contributed by atoms with E-state index in [9.17, 15) is 25.2 Å². The van der Waals surface area contributed by atoms with Crippen LogP contribution in [0.2, 0.25) is 0 Å². The number of hydrogen-bond donors (Lipinski definition) is 4. The number of hydrogen-bond acceptors (Lipinski definition) is 9. The van der Waals surface area contributed by atoms with Gasteiger partial charge in [-0.3, -0.25) is 4.79 Å². The molecule has 1 aliphatic rings. The predicted octanol–water partition coefficient (Wildman–Crippen LogP) is 13.7. The van der Waals surface area contributed by atoms with Crippen molar-refractivity contribution in [3.05, 3.63) is 109 Å². The van der Waals surface area contributed by atoms with Crippen LogP contribution in [0.3, 0.4) is 0 Å². The van der Waals surface area contributed by atoms with Crippen molar-refractivity contribution in [3.63, 3.8) is 0 Å². The Balaban J connectivity index is 2.24. The molecule has 0 aliphatic carbocycles. The van der Waals surface area contributed by atoms with Crippen molar-refractivity contribution in [2.45, 2.75) is 230 Å². The largest absolute Gasteiger partial charge is 0.457 e. The third-order valence-corrected chi connectivity index (χ3v) is 11.7. The molecule has 6 atom stereocenters. The van der Waals surface area contributed by atoms with Crippen LogP contribution in [-0.2, 0) is 23.7 Å². The molecule has 1 rings (SSSR count). The van der Waals surface area contributed by atoms with E-state index < -0.39 is 43.4 Å². The van der Waals surface area contributed by atoms with Crippen LogP contribution >= 0.6 is 0 Å². The number of ether oxygens (including phenoxy) is 4. The molecule has 0 radical (unpaired) electrons. The predicted molar refractivity (Wildman–Crippen MR) is 283 cm³/mol. The Morgan fingerprint density at radius 1 is 0.485 bits per heavy atom. The van der Waals surface area contributed by atoms with Crippen LogP contribution in [0, 0.1) is 0 Å². The van der Waals surface area contributed by atoms with Gasteiger partial charge in [0.25, 0.3) is 0 Å². The Bertz CT molecular complexity index is 1410. The molecule has 0 spiro atoms. The monoisotopic (exact) mass is 951 g/mol. The summed E-state index contributed by atoms with van der Waals surface area (Å²) in [5.41, 5.74) is 0. The van der Waals surface area contributed by atoms with Crippen molar-refractivity contribution in [3.8, 4) is 0 Å². The van der Waals surface area contributed by atoms with E-state index in [4.69, 9.17) is 18.9 Å². The Morgan fingerprint density at radius 2 is 0.897 bits per heavy atom. The van der Waals surface area contributed by atoms with E-state index in [1.807, 2.05) is 0 Å². The SMILES string of the molecule is CC/C=C\C/C=C\C/C=C\C/C=C\C/C=C\C/C=C\CCCOCC(COC1OC(CO)C(O)C(O)C1O)OC(=O)CCCCCCCCCCCC/C=C\C/C=C\C/C=C\CCCCCCC. The fourth-order valence-electron chi connectivity index (χ4n) is 7.52. The molecule has 388 valence electrons. The number of esters is 1. The number of rotatable bonds is 45. The average Bonchev–Trinajstić information content (AvgIpc) is 3.34. The fourth-order valence-corrected chi connectivity index (χ4v) is 7.52. The quantitative estimate of drug-likeness (QED) is 0.0267. The van der Waals surface area contributed by atoms with Gasteiger partial charge in [-0.1, -0.05) is 200 Å². The molecule has 0 aromatic rings. The van der Waals surface area contributed by atoms with Gasteiger partial charge in [-0.25, -0.2) is 0 Å². The molecule has 9 heteroatoms. The van der Waals surface area contributed by atoms with Crippen LogP contribution in [0.4, 0.5) is 0 Å². The number of aliphatic hydroxyl groups excluding tert-OH is 4. The minimum atomic E-state index is -1.56. The van der Waals surface area contributed by atoms with Crippen molar-refractivity contribution in [2.75, 3.05) is 26.4 Å². The molecule has 9 nitrogen and oxygen atoms in total. The molecule has 0 saturated carbocycles. The highest BCUT2D eigenvalue weighted by atomic mass is 16.7. The van der Waals surface area contributed by atoms with Crippen LogP contribution < -0.4 is 0 Å². The molecule has 1 aliphatic heterocycles. The van der Waals surface area contributed by atoms with Crippen LogP contribution in [-0.4, -0.2) is 89.6 Å². The molecule has 1 heterocycles. The molecule has 4 N–H and O–H groups in total. The third kappa shape index (κ3) is 38.7. The molecule has 0 aromatic carbocycles. The lowest BCUT2D eigenvalue weighted by molar-refractivity contribution is -0.305. The molecule has 1 fully saturated rings. The van der Waals surface area contributed by atoms with Gasteiger partial charge in [0.15, 0.2) is 6.29 Å². The third-order valence-electron chi connectivity index (χ3n) is 11.7. The van der Waals surface area contributed by atoms with Crippen molar-refractivity contribution >= 4 is 5.97 Å².